The fraction of sp³-hybridized carbons (Fsp3) is 0.267. The molecule has 106 valence electrons. The fourth-order valence-corrected chi connectivity index (χ4v) is 3.48. The van der Waals surface area contributed by atoms with Crippen LogP contribution in [0.4, 0.5) is 5.69 Å². The fourth-order valence-electron chi connectivity index (χ4n) is 1.88. The predicted molar refractivity (Wildman–Crippen MR) is 86.3 cm³/mol. The summed E-state index contributed by atoms with van der Waals surface area (Å²) in [6, 6.07) is 9.36. The van der Waals surface area contributed by atoms with Gasteiger partial charge < -0.3 is 10.1 Å². The van der Waals surface area contributed by atoms with Crippen molar-refractivity contribution in [2.45, 2.75) is 19.9 Å². The van der Waals surface area contributed by atoms with Crippen LogP contribution in [0.1, 0.15) is 21.4 Å². The number of para-hydroxylation sites is 1. The Hall–Kier alpha value is -1.33. The second-order valence-corrected chi connectivity index (χ2v) is 6.61. The number of aryl methyl sites for hydroxylation is 2. The molecule has 2 rings (SSSR count). The first-order valence-corrected chi connectivity index (χ1v) is 7.79. The molecular weight excluding hydrogens is 338 g/mol. The molecule has 0 amide bonds. The Bertz CT molecular complexity index is 605. The summed E-state index contributed by atoms with van der Waals surface area (Å²) in [5, 5.41) is 3.27. The molecule has 1 heterocycles. The summed E-state index contributed by atoms with van der Waals surface area (Å²) < 4.78 is 5.93. The number of hydrogen-bond acceptors (Lipinski definition) is 4. The first-order valence-electron chi connectivity index (χ1n) is 6.18. The van der Waals surface area contributed by atoms with Crippen molar-refractivity contribution < 1.29 is 9.53 Å². The molecular formula is C15H16BrNO2S. The number of rotatable bonds is 4. The van der Waals surface area contributed by atoms with Gasteiger partial charge in [0.05, 0.1) is 7.11 Å². The predicted octanol–water partition coefficient (Wildman–Crippen LogP) is 4.45. The van der Waals surface area contributed by atoms with Gasteiger partial charge in [0.25, 0.3) is 0 Å². The van der Waals surface area contributed by atoms with E-state index in [-0.39, 0.29) is 5.97 Å². The highest BCUT2D eigenvalue weighted by atomic mass is 79.9. The molecule has 3 nitrogen and oxygen atoms in total. The Labute approximate surface area is 131 Å². The van der Waals surface area contributed by atoms with Crippen LogP contribution in [-0.4, -0.2) is 13.1 Å². The highest BCUT2D eigenvalue weighted by Gasteiger charge is 2.24. The summed E-state index contributed by atoms with van der Waals surface area (Å²) in [7, 11) is 1.41. The van der Waals surface area contributed by atoms with E-state index in [9.17, 15) is 4.79 Å². The third-order valence-corrected chi connectivity index (χ3v) is 5.24. The molecule has 0 aliphatic heterocycles. The van der Waals surface area contributed by atoms with Crippen LogP contribution in [0.5, 0.6) is 0 Å². The largest absolute Gasteiger partial charge is 0.467 e. The van der Waals surface area contributed by atoms with Crippen LogP contribution in [0.3, 0.4) is 0 Å². The quantitative estimate of drug-likeness (QED) is 0.825. The topological polar surface area (TPSA) is 38.3 Å². The van der Waals surface area contributed by atoms with E-state index >= 15 is 0 Å². The van der Waals surface area contributed by atoms with Crippen molar-refractivity contribution >= 4 is 38.9 Å². The van der Waals surface area contributed by atoms with Gasteiger partial charge in [0.2, 0.25) is 0 Å². The van der Waals surface area contributed by atoms with Crippen molar-refractivity contribution in [3.63, 3.8) is 0 Å². The van der Waals surface area contributed by atoms with Gasteiger partial charge in [-0.2, -0.15) is 0 Å². The Morgan fingerprint density at radius 1 is 1.35 bits per heavy atom. The molecule has 5 heteroatoms. The van der Waals surface area contributed by atoms with Crippen molar-refractivity contribution in [2.24, 2.45) is 0 Å². The van der Waals surface area contributed by atoms with E-state index in [4.69, 9.17) is 4.74 Å². The van der Waals surface area contributed by atoms with Crippen LogP contribution in [-0.2, 0) is 9.53 Å². The lowest BCUT2D eigenvalue weighted by Crippen LogP contribution is -2.21. The molecule has 1 aromatic heterocycles. The molecule has 0 saturated carbocycles. The minimum atomic E-state index is -0.490. The van der Waals surface area contributed by atoms with E-state index in [2.05, 4.69) is 21.2 Å². The smallest absolute Gasteiger partial charge is 0.333 e. The van der Waals surface area contributed by atoms with Gasteiger partial charge in [-0.05, 0) is 47.5 Å². The van der Waals surface area contributed by atoms with Crippen molar-refractivity contribution in [3.8, 4) is 0 Å². The Morgan fingerprint density at radius 3 is 2.60 bits per heavy atom. The number of benzene rings is 1. The van der Waals surface area contributed by atoms with Gasteiger partial charge in [0.15, 0.2) is 6.04 Å². The molecule has 0 aliphatic rings. The zero-order valence-electron chi connectivity index (χ0n) is 11.6. The maximum absolute atomic E-state index is 12.1. The number of hydrogen-bond donors (Lipinski definition) is 1. The summed E-state index contributed by atoms with van der Waals surface area (Å²) in [6.45, 7) is 4.02. The maximum Gasteiger partial charge on any atom is 0.333 e. The molecule has 0 bridgehead atoms. The van der Waals surface area contributed by atoms with Crippen LogP contribution >= 0.6 is 27.3 Å². The lowest BCUT2D eigenvalue weighted by atomic mass is 10.1. The van der Waals surface area contributed by atoms with Gasteiger partial charge in [-0.3, -0.25) is 0 Å². The second kappa shape index (κ2) is 6.41. The third-order valence-electron chi connectivity index (χ3n) is 3.04. The minimum Gasteiger partial charge on any atom is -0.467 e. The standard InChI is InChI=1S/C15H16BrNO2S/c1-9-6-4-5-7-12(9)17-14(15(18)19-3)13-8-11(16)10(2)20-13/h4-8,14,17H,1-3H3. The highest BCUT2D eigenvalue weighted by molar-refractivity contribution is 9.10. The van der Waals surface area contributed by atoms with Crippen LogP contribution in [0, 0.1) is 13.8 Å². The number of carbonyl (C=O) groups is 1. The summed E-state index contributed by atoms with van der Waals surface area (Å²) >= 11 is 5.07. The van der Waals surface area contributed by atoms with Gasteiger partial charge in [-0.1, -0.05) is 18.2 Å². The lowest BCUT2D eigenvalue weighted by molar-refractivity contribution is -0.141. The molecule has 1 N–H and O–H groups in total. The minimum absolute atomic E-state index is 0.290. The molecule has 20 heavy (non-hydrogen) atoms. The SMILES string of the molecule is COC(=O)C(Nc1ccccc1C)c1cc(Br)c(C)s1. The molecule has 1 unspecified atom stereocenters. The Kier molecular flexibility index (Phi) is 4.83. The van der Waals surface area contributed by atoms with Gasteiger partial charge >= 0.3 is 5.97 Å². The van der Waals surface area contributed by atoms with Gasteiger partial charge in [-0.25, -0.2) is 4.79 Å². The first kappa shape index (κ1) is 15.1. The monoisotopic (exact) mass is 353 g/mol. The van der Waals surface area contributed by atoms with Gasteiger partial charge in [-0.15, -0.1) is 11.3 Å². The van der Waals surface area contributed by atoms with Crippen LogP contribution in [0.25, 0.3) is 0 Å². The number of ether oxygens (including phenoxy) is 1. The summed E-state index contributed by atoms with van der Waals surface area (Å²) in [5.74, 6) is -0.290. The van der Waals surface area contributed by atoms with Crippen LogP contribution in [0.15, 0.2) is 34.8 Å². The van der Waals surface area contributed by atoms with E-state index in [0.717, 1.165) is 25.5 Å². The molecule has 1 aromatic carbocycles. The molecule has 0 aliphatic carbocycles. The number of halogens is 1. The average Bonchev–Trinajstić information content (AvgIpc) is 2.76. The Balaban J connectivity index is 2.34. The molecule has 0 spiro atoms. The molecule has 2 aromatic rings. The second-order valence-electron chi connectivity index (χ2n) is 4.47. The van der Waals surface area contributed by atoms with Crippen molar-refractivity contribution in [3.05, 3.63) is 50.1 Å². The Morgan fingerprint density at radius 2 is 2.05 bits per heavy atom. The van der Waals surface area contributed by atoms with E-state index in [1.54, 1.807) is 11.3 Å². The molecule has 0 radical (unpaired) electrons. The summed E-state index contributed by atoms with van der Waals surface area (Å²) in [6.07, 6.45) is 0. The van der Waals surface area contributed by atoms with Crippen molar-refractivity contribution in [1.82, 2.24) is 0 Å². The van der Waals surface area contributed by atoms with Crippen LogP contribution < -0.4 is 5.32 Å². The number of nitrogens with one attached hydrogen (secondary N) is 1. The van der Waals surface area contributed by atoms with E-state index < -0.39 is 6.04 Å². The number of thiophene rings is 1. The number of methoxy groups -OCH3 is 1. The van der Waals surface area contributed by atoms with Crippen LogP contribution in [0.2, 0.25) is 0 Å². The maximum atomic E-state index is 12.1. The summed E-state index contributed by atoms with van der Waals surface area (Å²) in [5.41, 5.74) is 2.03. The normalized spacial score (nSPS) is 12.0. The van der Waals surface area contributed by atoms with Crippen molar-refractivity contribution in [1.29, 1.82) is 0 Å². The van der Waals surface area contributed by atoms with E-state index in [0.29, 0.717) is 0 Å². The average molecular weight is 354 g/mol. The summed E-state index contributed by atoms with van der Waals surface area (Å²) in [4.78, 5) is 14.1. The van der Waals surface area contributed by atoms with Gasteiger partial charge in [0, 0.05) is 19.9 Å². The van der Waals surface area contributed by atoms with Gasteiger partial charge in [0.1, 0.15) is 0 Å². The van der Waals surface area contributed by atoms with Crippen molar-refractivity contribution in [2.75, 3.05) is 12.4 Å². The molecule has 0 saturated heterocycles. The molecule has 1 atom stereocenters. The zero-order valence-corrected chi connectivity index (χ0v) is 14.0. The third kappa shape index (κ3) is 3.22. The lowest BCUT2D eigenvalue weighted by Gasteiger charge is -2.17. The van der Waals surface area contributed by atoms with E-state index in [1.165, 1.54) is 7.11 Å². The number of carbonyl (C=O) groups excluding carboxylic acids is 1. The number of anilines is 1. The number of esters is 1. The first-order chi connectivity index (χ1) is 9.52. The zero-order chi connectivity index (χ0) is 14.7. The van der Waals surface area contributed by atoms with E-state index in [1.807, 2.05) is 44.2 Å². The molecule has 0 fully saturated rings. The highest BCUT2D eigenvalue weighted by Crippen LogP contribution is 2.33.